The van der Waals surface area contributed by atoms with Crippen LogP contribution in [0.1, 0.15) is 0 Å². The van der Waals surface area contributed by atoms with Gasteiger partial charge in [0.25, 0.3) is 0 Å². The highest BCUT2D eigenvalue weighted by molar-refractivity contribution is 9.10. The number of imidazole rings is 1. The first kappa shape index (κ1) is 8.29. The smallest absolute Gasteiger partial charge is 0.180 e. The number of fused-ring (bicyclic) bond motifs is 1. The van der Waals surface area contributed by atoms with Gasteiger partial charge in [0.2, 0.25) is 0 Å². The van der Waals surface area contributed by atoms with E-state index in [1.54, 1.807) is 0 Å². The standard InChI is InChI=1S/C6H2BrCl2N3/c7-6-11-4-3(9)2(8)1-10-5(4)12-6/h1H,(H,10,11,12). The van der Waals surface area contributed by atoms with Gasteiger partial charge in [-0.3, -0.25) is 0 Å². The van der Waals surface area contributed by atoms with Gasteiger partial charge < -0.3 is 4.98 Å². The second-order valence-corrected chi connectivity index (χ2v) is 3.68. The quantitative estimate of drug-likeness (QED) is 0.796. The molecule has 0 radical (unpaired) electrons. The van der Waals surface area contributed by atoms with Gasteiger partial charge in [-0.1, -0.05) is 23.2 Å². The first-order valence-corrected chi connectivity index (χ1v) is 4.58. The zero-order valence-electron chi connectivity index (χ0n) is 5.61. The fourth-order valence-corrected chi connectivity index (χ4v) is 1.57. The number of aromatic nitrogens is 3. The molecular formula is C6H2BrCl2N3. The van der Waals surface area contributed by atoms with Crippen molar-refractivity contribution in [3.05, 3.63) is 21.0 Å². The largest absolute Gasteiger partial charge is 0.330 e. The lowest BCUT2D eigenvalue weighted by Crippen LogP contribution is -1.78. The highest BCUT2D eigenvalue weighted by atomic mass is 79.9. The summed E-state index contributed by atoms with van der Waals surface area (Å²) in [4.78, 5) is 10.9. The van der Waals surface area contributed by atoms with Crippen LogP contribution in [0.15, 0.2) is 10.9 Å². The van der Waals surface area contributed by atoms with E-state index in [0.29, 0.717) is 25.9 Å². The lowest BCUT2D eigenvalue weighted by atomic mass is 10.4. The van der Waals surface area contributed by atoms with Gasteiger partial charge in [-0.15, -0.1) is 0 Å². The van der Waals surface area contributed by atoms with Gasteiger partial charge in [-0.2, -0.15) is 0 Å². The van der Waals surface area contributed by atoms with E-state index in [9.17, 15) is 0 Å². The first-order valence-electron chi connectivity index (χ1n) is 3.03. The topological polar surface area (TPSA) is 41.6 Å². The Bertz CT molecular complexity index is 440. The monoisotopic (exact) mass is 265 g/mol. The number of nitrogens with one attached hydrogen (secondary N) is 1. The summed E-state index contributed by atoms with van der Waals surface area (Å²) < 4.78 is 0.592. The van der Waals surface area contributed by atoms with Crippen LogP contribution in [-0.4, -0.2) is 15.0 Å². The Balaban J connectivity index is 2.89. The van der Waals surface area contributed by atoms with E-state index in [0.717, 1.165) is 0 Å². The number of halogens is 3. The molecule has 0 aliphatic heterocycles. The van der Waals surface area contributed by atoms with Crippen LogP contribution in [0.2, 0.25) is 10.0 Å². The van der Waals surface area contributed by atoms with E-state index in [1.807, 2.05) is 0 Å². The molecule has 0 amide bonds. The molecule has 0 aromatic carbocycles. The molecule has 0 bridgehead atoms. The number of pyridine rings is 1. The van der Waals surface area contributed by atoms with Crippen molar-refractivity contribution in [2.75, 3.05) is 0 Å². The molecule has 2 aromatic heterocycles. The van der Waals surface area contributed by atoms with Crippen molar-refractivity contribution in [3.8, 4) is 0 Å². The molecule has 0 saturated carbocycles. The summed E-state index contributed by atoms with van der Waals surface area (Å²) in [5.41, 5.74) is 1.20. The molecule has 12 heavy (non-hydrogen) atoms. The second kappa shape index (κ2) is 2.87. The zero-order chi connectivity index (χ0) is 8.72. The number of hydrogen-bond acceptors (Lipinski definition) is 2. The molecule has 62 valence electrons. The van der Waals surface area contributed by atoms with Crippen LogP contribution in [0, 0.1) is 0 Å². The van der Waals surface area contributed by atoms with Gasteiger partial charge in [0.1, 0.15) is 5.52 Å². The van der Waals surface area contributed by atoms with Crippen LogP contribution >= 0.6 is 39.1 Å². The van der Waals surface area contributed by atoms with Crippen molar-refractivity contribution < 1.29 is 0 Å². The predicted octanol–water partition coefficient (Wildman–Crippen LogP) is 3.03. The minimum absolute atomic E-state index is 0.417. The summed E-state index contributed by atoms with van der Waals surface area (Å²) in [6.45, 7) is 0. The van der Waals surface area contributed by atoms with Crippen LogP contribution in [0.3, 0.4) is 0 Å². The molecule has 6 heteroatoms. The third-order valence-corrected chi connectivity index (χ3v) is 2.54. The highest BCUT2D eigenvalue weighted by Crippen LogP contribution is 2.28. The lowest BCUT2D eigenvalue weighted by Gasteiger charge is -1.93. The minimum Gasteiger partial charge on any atom is -0.330 e. The van der Waals surface area contributed by atoms with Crippen molar-refractivity contribution in [2.45, 2.75) is 0 Å². The van der Waals surface area contributed by atoms with Crippen LogP contribution < -0.4 is 0 Å². The van der Waals surface area contributed by atoms with E-state index >= 15 is 0 Å². The molecule has 0 fully saturated rings. The fourth-order valence-electron chi connectivity index (χ4n) is 0.876. The van der Waals surface area contributed by atoms with Gasteiger partial charge in [-0.05, 0) is 15.9 Å². The van der Waals surface area contributed by atoms with Gasteiger partial charge in [0.15, 0.2) is 10.4 Å². The van der Waals surface area contributed by atoms with E-state index in [-0.39, 0.29) is 0 Å². The first-order chi connectivity index (χ1) is 5.68. The SMILES string of the molecule is Clc1cnc2nc(Br)[nH]c2c1Cl. The number of rotatable bonds is 0. The molecule has 0 atom stereocenters. The summed E-state index contributed by atoms with van der Waals surface area (Å²) in [5.74, 6) is 0. The Kier molecular flexibility index (Phi) is 1.98. The van der Waals surface area contributed by atoms with E-state index < -0.39 is 0 Å². The average molecular weight is 267 g/mol. The van der Waals surface area contributed by atoms with Crippen LogP contribution in [0.25, 0.3) is 11.2 Å². The molecule has 0 aliphatic rings. The number of aromatic amines is 1. The van der Waals surface area contributed by atoms with Crippen LogP contribution in [0.5, 0.6) is 0 Å². The van der Waals surface area contributed by atoms with Crippen molar-refractivity contribution in [2.24, 2.45) is 0 Å². The van der Waals surface area contributed by atoms with Crippen LogP contribution in [0.4, 0.5) is 0 Å². The Morgan fingerprint density at radius 3 is 2.92 bits per heavy atom. The zero-order valence-corrected chi connectivity index (χ0v) is 8.70. The third kappa shape index (κ3) is 1.20. The Labute approximate surface area is 86.2 Å². The molecule has 0 unspecified atom stereocenters. The second-order valence-electron chi connectivity index (χ2n) is 2.15. The van der Waals surface area contributed by atoms with Gasteiger partial charge in [0.05, 0.1) is 10.0 Å². The van der Waals surface area contributed by atoms with Crippen molar-refractivity contribution in [1.82, 2.24) is 15.0 Å². The Morgan fingerprint density at radius 1 is 1.42 bits per heavy atom. The van der Waals surface area contributed by atoms with E-state index in [2.05, 4.69) is 30.9 Å². The maximum atomic E-state index is 5.88. The normalized spacial score (nSPS) is 10.9. The molecule has 1 N–H and O–H groups in total. The highest BCUT2D eigenvalue weighted by Gasteiger charge is 2.08. The molecule has 0 aliphatic carbocycles. The van der Waals surface area contributed by atoms with Crippen molar-refractivity contribution in [3.63, 3.8) is 0 Å². The maximum Gasteiger partial charge on any atom is 0.180 e. The molecule has 2 heterocycles. The fraction of sp³-hybridized carbons (Fsp3) is 0. The molecular weight excluding hydrogens is 265 g/mol. The lowest BCUT2D eigenvalue weighted by molar-refractivity contribution is 1.24. The maximum absolute atomic E-state index is 5.88. The predicted molar refractivity (Wildman–Crippen MR) is 51.6 cm³/mol. The molecule has 2 rings (SSSR count). The number of hydrogen-bond donors (Lipinski definition) is 1. The molecule has 0 saturated heterocycles. The molecule has 2 aromatic rings. The van der Waals surface area contributed by atoms with Crippen molar-refractivity contribution in [1.29, 1.82) is 0 Å². The summed E-state index contributed by atoms with van der Waals surface area (Å²) in [5, 5.41) is 0.861. The summed E-state index contributed by atoms with van der Waals surface area (Å²) >= 11 is 14.8. The number of H-pyrrole nitrogens is 1. The minimum atomic E-state index is 0.417. The summed E-state index contributed by atoms with van der Waals surface area (Å²) in [6, 6.07) is 0. The third-order valence-electron chi connectivity index (χ3n) is 1.39. The van der Waals surface area contributed by atoms with E-state index in [1.165, 1.54) is 6.20 Å². The Hall–Kier alpha value is -0.320. The number of nitrogens with zero attached hydrogens (tertiary/aromatic N) is 2. The summed E-state index contributed by atoms with van der Waals surface area (Å²) in [7, 11) is 0. The molecule has 0 spiro atoms. The van der Waals surface area contributed by atoms with Gasteiger partial charge in [-0.25, -0.2) is 9.97 Å². The van der Waals surface area contributed by atoms with Crippen molar-refractivity contribution >= 4 is 50.3 Å². The van der Waals surface area contributed by atoms with Gasteiger partial charge in [0, 0.05) is 6.20 Å². The average Bonchev–Trinajstić information content (AvgIpc) is 2.39. The molecule has 3 nitrogen and oxygen atoms in total. The van der Waals surface area contributed by atoms with Crippen LogP contribution in [-0.2, 0) is 0 Å². The van der Waals surface area contributed by atoms with Gasteiger partial charge >= 0.3 is 0 Å². The van der Waals surface area contributed by atoms with E-state index in [4.69, 9.17) is 23.2 Å². The Morgan fingerprint density at radius 2 is 2.17 bits per heavy atom. The summed E-state index contributed by atoms with van der Waals surface area (Å²) in [6.07, 6.45) is 1.47.